The van der Waals surface area contributed by atoms with Crippen LogP contribution in [0.1, 0.15) is 84.3 Å². The molecule has 55 heavy (non-hydrogen) atoms. The summed E-state index contributed by atoms with van der Waals surface area (Å²) in [6.45, 7) is 9.18. The minimum absolute atomic E-state index is 0. The number of ether oxygens (including phenoxy) is 3. The molecule has 4 fully saturated rings. The predicted molar refractivity (Wildman–Crippen MR) is 197 cm³/mol. The van der Waals surface area contributed by atoms with Gasteiger partial charge >= 0.3 is 35.7 Å². The molecule has 1 saturated heterocycles. The summed E-state index contributed by atoms with van der Waals surface area (Å²) in [4.78, 5) is 66.8. The van der Waals surface area contributed by atoms with E-state index in [1.54, 1.807) is 13.2 Å². The molecular weight excluding hydrogens is 740 g/mol. The molecule has 1 aromatic carbocycles. The van der Waals surface area contributed by atoms with Crippen LogP contribution in [0, 0.1) is 17.3 Å². The van der Waals surface area contributed by atoms with E-state index < -0.39 is 74.1 Å². The molecular formula is C38H50N6NaO9S+. The second kappa shape index (κ2) is 15.8. The van der Waals surface area contributed by atoms with Gasteiger partial charge in [0.25, 0.3) is 5.91 Å². The first-order valence-electron chi connectivity index (χ1n) is 18.9. The number of hydrogen-bond acceptors (Lipinski definition) is 11. The Balaban J connectivity index is 0.00000514. The van der Waals surface area contributed by atoms with Gasteiger partial charge in [-0.05, 0) is 68.4 Å². The van der Waals surface area contributed by atoms with Crippen LogP contribution in [-0.2, 0) is 35.6 Å². The Bertz CT molecular complexity index is 1970. The van der Waals surface area contributed by atoms with Crippen LogP contribution < -0.4 is 54.4 Å². The summed E-state index contributed by atoms with van der Waals surface area (Å²) in [6, 6.07) is 3.20. The molecule has 0 radical (unpaired) electrons. The molecule has 5 aliphatic rings. The van der Waals surface area contributed by atoms with E-state index in [2.05, 4.69) is 21.9 Å². The summed E-state index contributed by atoms with van der Waals surface area (Å²) < 4.78 is 45.3. The number of amides is 4. The van der Waals surface area contributed by atoms with Gasteiger partial charge in [0.1, 0.15) is 41.3 Å². The molecule has 292 valence electrons. The van der Waals surface area contributed by atoms with Crippen molar-refractivity contribution in [2.45, 2.75) is 120 Å². The van der Waals surface area contributed by atoms with Gasteiger partial charge in [-0.25, -0.2) is 23.2 Å². The van der Waals surface area contributed by atoms with E-state index in [0.29, 0.717) is 47.6 Å². The summed E-state index contributed by atoms with van der Waals surface area (Å²) in [5.41, 5.74) is -0.451. The van der Waals surface area contributed by atoms with Crippen molar-refractivity contribution in [2.75, 3.05) is 13.7 Å². The molecule has 4 amide bonds. The molecule has 17 heteroatoms. The fraction of sp³-hybridized carbons (Fsp3) is 0.632. The Morgan fingerprint density at radius 1 is 1.07 bits per heavy atom. The maximum absolute atomic E-state index is 14.6. The van der Waals surface area contributed by atoms with E-state index in [-0.39, 0.29) is 61.0 Å². The average Bonchev–Trinajstić information content (AvgIpc) is 4.04. The van der Waals surface area contributed by atoms with Crippen molar-refractivity contribution in [1.82, 2.24) is 30.2 Å². The van der Waals surface area contributed by atoms with Crippen molar-refractivity contribution < 1.29 is 71.4 Å². The molecule has 7 rings (SSSR count). The molecule has 3 heterocycles. The van der Waals surface area contributed by atoms with Crippen LogP contribution in [0.15, 0.2) is 30.9 Å². The van der Waals surface area contributed by atoms with E-state index in [0.717, 1.165) is 32.1 Å². The van der Waals surface area contributed by atoms with Crippen LogP contribution in [0.4, 0.5) is 4.79 Å². The normalized spacial score (nSPS) is 29.7. The first-order chi connectivity index (χ1) is 25.6. The zero-order chi connectivity index (χ0) is 38.6. The third-order valence-electron chi connectivity index (χ3n) is 11.3. The number of methoxy groups -OCH3 is 1. The molecule has 3 N–H and O–H groups in total. The molecule has 2 aromatic rings. The third-order valence-corrected chi connectivity index (χ3v) is 13.1. The Morgan fingerprint density at radius 3 is 2.51 bits per heavy atom. The number of aryl methyl sites for hydroxylation is 1. The minimum Gasteiger partial charge on any atom is -0.497 e. The zero-order valence-corrected chi connectivity index (χ0v) is 35.1. The number of nitrogens with zero attached hydrogens (tertiary/aromatic N) is 3. The van der Waals surface area contributed by atoms with Crippen molar-refractivity contribution >= 4 is 44.9 Å². The van der Waals surface area contributed by atoms with Gasteiger partial charge in [0.2, 0.25) is 27.7 Å². The molecule has 15 nitrogen and oxygen atoms in total. The second-order valence-corrected chi connectivity index (χ2v) is 18.4. The van der Waals surface area contributed by atoms with Crippen molar-refractivity contribution in [1.29, 1.82) is 0 Å². The molecule has 2 bridgehead atoms. The van der Waals surface area contributed by atoms with E-state index in [4.69, 9.17) is 24.2 Å². The van der Waals surface area contributed by atoms with Crippen molar-refractivity contribution in [3.63, 3.8) is 0 Å². The molecule has 3 saturated carbocycles. The Labute approximate surface area is 343 Å². The Morgan fingerprint density at radius 2 is 1.84 bits per heavy atom. The molecule has 0 spiro atoms. The van der Waals surface area contributed by atoms with Crippen LogP contribution in [0.5, 0.6) is 11.6 Å². The van der Waals surface area contributed by atoms with Gasteiger partial charge < -0.3 is 29.7 Å². The number of sulfonamides is 1. The summed E-state index contributed by atoms with van der Waals surface area (Å²) in [7, 11) is -2.33. The molecule has 0 unspecified atom stereocenters. The molecule has 2 aliphatic heterocycles. The van der Waals surface area contributed by atoms with Gasteiger partial charge in [-0.15, -0.1) is 6.58 Å². The topological polar surface area (TPSA) is 195 Å². The number of hydrogen-bond donors (Lipinski definition) is 3. The number of carbonyl (C=O) groups excluding carboxylic acids is 4. The van der Waals surface area contributed by atoms with Gasteiger partial charge in [-0.1, -0.05) is 39.7 Å². The number of benzene rings is 1. The Hall–Kier alpha value is -3.47. The number of carbonyl (C=O) groups is 4. The standard InChI is InChI=1S/C38H50N6O9S.Na/c1-6-22-19-38(22,35(47)43-54(49,50)25-13-14-25)42-32(45)29-18-24-20-44(29)34(46)31(37(2,3)4)41-36(48)53-30-16-21(30)10-8-7-9-11-27-33(52-24)40-28-17-23(51-5)12-15-26(28)39-27;/h6,12,15,17,21-22,24-25,29-31H,1,7-11,13-14,16,18-20H2,2-5H3,(H,41,48)(H,42,45)(H,43,47);/q;+1/t21-,22+,24-,29-,30-,31+,38-;/m1./s1. The number of alkyl carbamates (subject to hydrolysis) is 1. The number of aromatic nitrogens is 2. The minimum atomic E-state index is -3.90. The van der Waals surface area contributed by atoms with Crippen molar-refractivity contribution in [3.8, 4) is 11.6 Å². The molecule has 7 atom stereocenters. The first kappa shape index (κ1) is 41.2. The van der Waals surface area contributed by atoms with Crippen LogP contribution in [-0.4, -0.2) is 95.8 Å². The SMILES string of the molecule is C=C[C@H]1C[C@]1(NC(=O)[C@H]1C[C@@H]2CN1C(=O)[C@@H](C(C)(C)C)NC(=O)O[C@@H]1C[C@H]1CCCCCc1nc3ccc(OC)cc3nc1O2)C(=O)NS(=O)(=O)C1CC1.[Na+]. The maximum atomic E-state index is 14.6. The van der Waals surface area contributed by atoms with Gasteiger partial charge in [0.05, 0.1) is 29.9 Å². The van der Waals surface area contributed by atoms with Crippen LogP contribution in [0.3, 0.4) is 0 Å². The second-order valence-electron chi connectivity index (χ2n) is 16.5. The van der Waals surface area contributed by atoms with E-state index in [1.807, 2.05) is 32.9 Å². The summed E-state index contributed by atoms with van der Waals surface area (Å²) in [6.07, 6.45) is 5.93. The van der Waals surface area contributed by atoms with Gasteiger partial charge in [-0.3, -0.25) is 19.1 Å². The smallest absolute Gasteiger partial charge is 0.497 e. The zero-order valence-electron chi connectivity index (χ0n) is 32.3. The van der Waals surface area contributed by atoms with Crippen LogP contribution in [0.25, 0.3) is 11.0 Å². The fourth-order valence-corrected chi connectivity index (χ4v) is 9.00. The largest absolute Gasteiger partial charge is 1.00 e. The third kappa shape index (κ3) is 8.92. The van der Waals surface area contributed by atoms with Gasteiger partial charge in [-0.2, -0.15) is 0 Å². The van der Waals surface area contributed by atoms with E-state index >= 15 is 0 Å². The van der Waals surface area contributed by atoms with Crippen molar-refractivity contribution in [3.05, 3.63) is 36.5 Å². The number of fused-ring (bicyclic) bond motifs is 5. The van der Waals surface area contributed by atoms with Gasteiger partial charge in [0, 0.05) is 18.4 Å². The molecule has 1 aromatic heterocycles. The van der Waals surface area contributed by atoms with E-state index in [1.165, 1.54) is 11.0 Å². The number of nitrogens with one attached hydrogen (secondary N) is 3. The van der Waals surface area contributed by atoms with Crippen molar-refractivity contribution in [2.24, 2.45) is 17.3 Å². The van der Waals surface area contributed by atoms with Gasteiger partial charge in [0.15, 0.2) is 0 Å². The monoisotopic (exact) mass is 789 g/mol. The molecule has 3 aliphatic carbocycles. The Kier molecular flexibility index (Phi) is 11.8. The van der Waals surface area contributed by atoms with Crippen LogP contribution >= 0.6 is 0 Å². The summed E-state index contributed by atoms with van der Waals surface area (Å²) >= 11 is 0. The summed E-state index contributed by atoms with van der Waals surface area (Å²) in [5.74, 6) is -1.39. The predicted octanol–water partition coefficient (Wildman–Crippen LogP) is 0.306. The average molecular weight is 790 g/mol. The first-order valence-corrected chi connectivity index (χ1v) is 20.5. The maximum Gasteiger partial charge on any atom is 1.00 e. The fourth-order valence-electron chi connectivity index (χ4n) is 7.64. The van der Waals surface area contributed by atoms with Crippen LogP contribution in [0.2, 0.25) is 0 Å². The number of rotatable bonds is 7. The van der Waals surface area contributed by atoms with E-state index in [9.17, 15) is 27.6 Å². The quantitative estimate of drug-likeness (QED) is 0.258. The summed E-state index contributed by atoms with van der Waals surface area (Å²) in [5, 5.41) is 4.96.